The minimum Gasteiger partial charge on any atom is -0.467 e. The molecule has 0 saturated carbocycles. The maximum atomic E-state index is 13.2. The van der Waals surface area contributed by atoms with Gasteiger partial charge in [0.15, 0.2) is 0 Å². The van der Waals surface area contributed by atoms with Crippen molar-refractivity contribution in [1.29, 1.82) is 0 Å². The van der Waals surface area contributed by atoms with Crippen molar-refractivity contribution >= 4 is 11.9 Å². The van der Waals surface area contributed by atoms with Crippen LogP contribution in [0.5, 0.6) is 0 Å². The Hall–Kier alpha value is -2.76. The molecule has 126 valence electrons. The fourth-order valence-corrected chi connectivity index (χ4v) is 2.34. The molecule has 2 aromatic rings. The molecule has 2 aromatic carbocycles. The highest BCUT2D eigenvalue weighted by Gasteiger charge is 2.23. The molecular weight excluding hydrogens is 316 g/mol. The van der Waals surface area contributed by atoms with Crippen LogP contribution in [0.1, 0.15) is 21.5 Å². The summed E-state index contributed by atoms with van der Waals surface area (Å²) >= 11 is 0. The van der Waals surface area contributed by atoms with E-state index in [1.807, 2.05) is 31.2 Å². The number of halogens is 2. The van der Waals surface area contributed by atoms with E-state index < -0.39 is 29.6 Å². The van der Waals surface area contributed by atoms with E-state index >= 15 is 0 Å². The predicted molar refractivity (Wildman–Crippen MR) is 84.5 cm³/mol. The Balaban J connectivity index is 2.19. The monoisotopic (exact) mass is 333 g/mol. The second-order valence-electron chi connectivity index (χ2n) is 5.40. The average molecular weight is 333 g/mol. The lowest BCUT2D eigenvalue weighted by molar-refractivity contribution is -0.142. The zero-order chi connectivity index (χ0) is 17.7. The molecule has 0 unspecified atom stereocenters. The van der Waals surface area contributed by atoms with Crippen LogP contribution in [-0.4, -0.2) is 25.0 Å². The molecule has 0 heterocycles. The zero-order valence-electron chi connectivity index (χ0n) is 13.3. The smallest absolute Gasteiger partial charge is 0.328 e. The number of amides is 1. The van der Waals surface area contributed by atoms with Crippen molar-refractivity contribution in [2.75, 3.05) is 7.11 Å². The van der Waals surface area contributed by atoms with Crippen LogP contribution < -0.4 is 5.32 Å². The highest BCUT2D eigenvalue weighted by atomic mass is 19.1. The van der Waals surface area contributed by atoms with E-state index in [1.54, 1.807) is 0 Å². The summed E-state index contributed by atoms with van der Waals surface area (Å²) in [5, 5.41) is 2.46. The molecular formula is C18H17F2NO3. The molecule has 24 heavy (non-hydrogen) atoms. The average Bonchev–Trinajstić information content (AvgIpc) is 2.52. The van der Waals surface area contributed by atoms with Crippen molar-refractivity contribution in [3.05, 3.63) is 70.8 Å². The first-order valence-electron chi connectivity index (χ1n) is 7.29. The normalized spacial score (nSPS) is 11.7. The van der Waals surface area contributed by atoms with E-state index in [-0.39, 0.29) is 12.0 Å². The molecule has 0 fully saturated rings. The van der Waals surface area contributed by atoms with Gasteiger partial charge in [-0.15, -0.1) is 0 Å². The molecule has 0 aliphatic carbocycles. The van der Waals surface area contributed by atoms with Crippen LogP contribution in [0.2, 0.25) is 0 Å². The number of aryl methyl sites for hydroxylation is 1. The molecule has 6 heteroatoms. The van der Waals surface area contributed by atoms with E-state index in [1.165, 1.54) is 7.11 Å². The lowest BCUT2D eigenvalue weighted by Gasteiger charge is -2.17. The van der Waals surface area contributed by atoms with Gasteiger partial charge in [0, 0.05) is 18.1 Å². The Bertz CT molecular complexity index is 741. The number of carbonyl (C=O) groups is 2. The molecule has 0 bridgehead atoms. The number of rotatable bonds is 5. The summed E-state index contributed by atoms with van der Waals surface area (Å²) in [5.41, 5.74) is 1.64. The molecule has 0 aliphatic heterocycles. The van der Waals surface area contributed by atoms with E-state index in [0.717, 1.165) is 23.3 Å². The first kappa shape index (κ1) is 17.6. The standard InChI is InChI=1S/C18H17F2NO3/c1-11-4-3-5-12(6-11)7-16(18(23)24-2)21-17(22)13-8-14(19)10-15(20)9-13/h3-6,8-10,16H,7H2,1-2H3,(H,21,22)/t16-/m1/s1. The van der Waals surface area contributed by atoms with Gasteiger partial charge >= 0.3 is 5.97 Å². The summed E-state index contributed by atoms with van der Waals surface area (Å²) in [6.07, 6.45) is 0.206. The van der Waals surface area contributed by atoms with Gasteiger partial charge < -0.3 is 10.1 Å². The van der Waals surface area contributed by atoms with Gasteiger partial charge in [-0.1, -0.05) is 29.8 Å². The number of carbonyl (C=O) groups excluding carboxylic acids is 2. The fourth-order valence-electron chi connectivity index (χ4n) is 2.34. The molecule has 0 saturated heterocycles. The first-order valence-corrected chi connectivity index (χ1v) is 7.29. The van der Waals surface area contributed by atoms with Crippen molar-refractivity contribution in [1.82, 2.24) is 5.32 Å². The molecule has 1 atom stereocenters. The van der Waals surface area contributed by atoms with Gasteiger partial charge in [0.2, 0.25) is 0 Å². The predicted octanol–water partition coefficient (Wildman–Crippen LogP) is 2.79. The van der Waals surface area contributed by atoms with Crippen LogP contribution in [0.4, 0.5) is 8.78 Å². The SMILES string of the molecule is COC(=O)[C@@H](Cc1cccc(C)c1)NC(=O)c1cc(F)cc(F)c1. The number of ether oxygens (including phenoxy) is 1. The van der Waals surface area contributed by atoms with Crippen LogP contribution in [0.25, 0.3) is 0 Å². The molecule has 0 aromatic heterocycles. The van der Waals surface area contributed by atoms with Crippen LogP contribution >= 0.6 is 0 Å². The third kappa shape index (κ3) is 4.62. The van der Waals surface area contributed by atoms with Crippen LogP contribution in [0.15, 0.2) is 42.5 Å². The van der Waals surface area contributed by atoms with Gasteiger partial charge in [0.05, 0.1) is 7.11 Å². The maximum absolute atomic E-state index is 13.2. The number of hydrogen-bond acceptors (Lipinski definition) is 3. The van der Waals surface area contributed by atoms with Crippen molar-refractivity contribution in [2.24, 2.45) is 0 Å². The lowest BCUT2D eigenvalue weighted by Crippen LogP contribution is -2.43. The molecule has 1 N–H and O–H groups in total. The number of hydrogen-bond donors (Lipinski definition) is 1. The molecule has 4 nitrogen and oxygen atoms in total. The van der Waals surface area contributed by atoms with Crippen molar-refractivity contribution in [2.45, 2.75) is 19.4 Å². The van der Waals surface area contributed by atoms with E-state index in [4.69, 9.17) is 4.74 Å². The Labute approximate surface area is 138 Å². The van der Waals surface area contributed by atoms with E-state index in [9.17, 15) is 18.4 Å². The summed E-state index contributed by atoms with van der Waals surface area (Å²) < 4.78 is 31.2. The van der Waals surface area contributed by atoms with Crippen molar-refractivity contribution in [3.8, 4) is 0 Å². The quantitative estimate of drug-likeness (QED) is 0.856. The zero-order valence-corrected chi connectivity index (χ0v) is 13.3. The Morgan fingerprint density at radius 3 is 2.38 bits per heavy atom. The Morgan fingerprint density at radius 2 is 1.79 bits per heavy atom. The molecule has 1 amide bonds. The summed E-state index contributed by atoms with van der Waals surface area (Å²) in [6.45, 7) is 1.91. The van der Waals surface area contributed by atoms with Gasteiger partial charge in [0.1, 0.15) is 17.7 Å². The van der Waals surface area contributed by atoms with Gasteiger partial charge in [-0.25, -0.2) is 13.6 Å². The Kier molecular flexibility index (Phi) is 5.63. The van der Waals surface area contributed by atoms with Gasteiger partial charge in [-0.05, 0) is 24.6 Å². The fraction of sp³-hybridized carbons (Fsp3) is 0.222. The summed E-state index contributed by atoms with van der Waals surface area (Å²) in [7, 11) is 1.21. The molecule has 0 spiro atoms. The third-order valence-corrected chi connectivity index (χ3v) is 3.44. The molecule has 0 radical (unpaired) electrons. The van der Waals surface area contributed by atoms with Crippen molar-refractivity contribution in [3.63, 3.8) is 0 Å². The topological polar surface area (TPSA) is 55.4 Å². The highest BCUT2D eigenvalue weighted by molar-refractivity contribution is 5.96. The van der Waals surface area contributed by atoms with E-state index in [2.05, 4.69) is 5.32 Å². The molecule has 2 rings (SSSR count). The van der Waals surface area contributed by atoms with Crippen LogP contribution in [-0.2, 0) is 16.0 Å². The summed E-state index contributed by atoms with van der Waals surface area (Å²) in [5.74, 6) is -3.12. The minimum atomic E-state index is -0.962. The van der Waals surface area contributed by atoms with Gasteiger partial charge in [0.25, 0.3) is 5.91 Å². The summed E-state index contributed by atoms with van der Waals surface area (Å²) in [6, 6.07) is 8.95. The number of nitrogens with one attached hydrogen (secondary N) is 1. The number of benzene rings is 2. The minimum absolute atomic E-state index is 0.203. The maximum Gasteiger partial charge on any atom is 0.328 e. The first-order chi connectivity index (χ1) is 11.4. The largest absolute Gasteiger partial charge is 0.467 e. The van der Waals surface area contributed by atoms with Gasteiger partial charge in [-0.3, -0.25) is 4.79 Å². The lowest BCUT2D eigenvalue weighted by atomic mass is 10.0. The van der Waals surface area contributed by atoms with Crippen molar-refractivity contribution < 1.29 is 23.1 Å². The second kappa shape index (κ2) is 7.68. The highest BCUT2D eigenvalue weighted by Crippen LogP contribution is 2.11. The van der Waals surface area contributed by atoms with Crippen LogP contribution in [0.3, 0.4) is 0 Å². The number of methoxy groups -OCH3 is 1. The second-order valence-corrected chi connectivity index (χ2v) is 5.40. The van der Waals surface area contributed by atoms with Crippen LogP contribution in [0, 0.1) is 18.6 Å². The Morgan fingerprint density at radius 1 is 1.12 bits per heavy atom. The van der Waals surface area contributed by atoms with E-state index in [0.29, 0.717) is 6.07 Å². The van der Waals surface area contributed by atoms with Gasteiger partial charge in [-0.2, -0.15) is 0 Å². The summed E-state index contributed by atoms with van der Waals surface area (Å²) in [4.78, 5) is 24.1. The molecule has 0 aliphatic rings. The third-order valence-electron chi connectivity index (χ3n) is 3.44. The number of esters is 1.